The van der Waals surface area contributed by atoms with E-state index in [4.69, 9.17) is 11.6 Å². The van der Waals surface area contributed by atoms with Gasteiger partial charge in [-0.1, -0.05) is 35.9 Å². The minimum absolute atomic E-state index is 0.522. The van der Waals surface area contributed by atoms with Crippen LogP contribution >= 0.6 is 22.9 Å². The van der Waals surface area contributed by atoms with Crippen molar-refractivity contribution in [1.29, 1.82) is 5.26 Å². The highest BCUT2D eigenvalue weighted by Gasteiger charge is 2.09. The number of halogens is 1. The molecule has 130 valence electrons. The molecular weight excluding hydrogens is 378 g/mol. The van der Waals surface area contributed by atoms with Gasteiger partial charge in [0.05, 0.1) is 17.0 Å². The smallest absolute Gasteiger partial charge is 0.138 e. The fourth-order valence-corrected chi connectivity index (χ4v) is 3.44. The zero-order chi connectivity index (χ0) is 18.6. The molecular formula is C20H12ClN5S. The lowest BCUT2D eigenvalue weighted by molar-refractivity contribution is 0.879. The summed E-state index contributed by atoms with van der Waals surface area (Å²) in [6.07, 6.45) is 4.96. The molecule has 0 aliphatic carbocycles. The Labute approximate surface area is 164 Å². The summed E-state index contributed by atoms with van der Waals surface area (Å²) in [5.74, 6) is 0. The van der Waals surface area contributed by atoms with Crippen LogP contribution in [0.5, 0.6) is 0 Å². The van der Waals surface area contributed by atoms with Crippen LogP contribution in [0.2, 0.25) is 5.02 Å². The van der Waals surface area contributed by atoms with E-state index in [0.717, 1.165) is 22.5 Å². The van der Waals surface area contributed by atoms with Gasteiger partial charge in [0.2, 0.25) is 0 Å². The van der Waals surface area contributed by atoms with E-state index >= 15 is 0 Å². The van der Waals surface area contributed by atoms with Crippen LogP contribution in [-0.4, -0.2) is 19.7 Å². The van der Waals surface area contributed by atoms with Gasteiger partial charge in [0, 0.05) is 16.0 Å². The van der Waals surface area contributed by atoms with Gasteiger partial charge in [-0.25, -0.2) is 14.6 Å². The molecule has 0 spiro atoms. The number of allylic oxidation sites excluding steroid dienone is 1. The maximum Gasteiger partial charge on any atom is 0.138 e. The Morgan fingerprint density at radius 2 is 1.89 bits per heavy atom. The Kier molecular flexibility index (Phi) is 4.79. The molecule has 0 aliphatic rings. The van der Waals surface area contributed by atoms with E-state index in [-0.39, 0.29) is 0 Å². The minimum Gasteiger partial charge on any atom is -0.235 e. The molecule has 2 aromatic heterocycles. The summed E-state index contributed by atoms with van der Waals surface area (Å²) in [7, 11) is 0. The van der Waals surface area contributed by atoms with Crippen molar-refractivity contribution in [2.75, 3.05) is 0 Å². The Bertz CT molecular complexity index is 1120. The molecule has 4 rings (SSSR count). The van der Waals surface area contributed by atoms with E-state index in [1.165, 1.54) is 17.7 Å². The highest BCUT2D eigenvalue weighted by atomic mass is 35.5. The van der Waals surface area contributed by atoms with Gasteiger partial charge in [-0.15, -0.1) is 11.3 Å². The van der Waals surface area contributed by atoms with Gasteiger partial charge in [0.25, 0.3) is 0 Å². The third kappa shape index (κ3) is 3.80. The molecule has 0 fully saturated rings. The van der Waals surface area contributed by atoms with Gasteiger partial charge in [-0.2, -0.15) is 10.4 Å². The quantitative estimate of drug-likeness (QED) is 0.455. The molecule has 0 amide bonds. The van der Waals surface area contributed by atoms with Crippen molar-refractivity contribution in [2.24, 2.45) is 0 Å². The van der Waals surface area contributed by atoms with E-state index in [2.05, 4.69) is 21.1 Å². The molecule has 0 radical (unpaired) electrons. The number of nitriles is 1. The second-order valence-corrected chi connectivity index (χ2v) is 6.94. The molecule has 0 unspecified atom stereocenters. The lowest BCUT2D eigenvalue weighted by Crippen LogP contribution is -1.93. The Hall–Kier alpha value is -3.27. The summed E-state index contributed by atoms with van der Waals surface area (Å²) in [6, 6.07) is 17.4. The first-order chi connectivity index (χ1) is 13.2. The monoisotopic (exact) mass is 389 g/mol. The molecule has 0 aliphatic heterocycles. The van der Waals surface area contributed by atoms with Crippen LogP contribution in [0.3, 0.4) is 0 Å². The number of hydrogen-bond acceptors (Lipinski definition) is 5. The summed E-state index contributed by atoms with van der Waals surface area (Å²) in [5, 5.41) is 17.0. The molecule has 2 aromatic carbocycles. The predicted molar refractivity (Wildman–Crippen MR) is 107 cm³/mol. The summed E-state index contributed by atoms with van der Waals surface area (Å²) in [6.45, 7) is 0. The first kappa shape index (κ1) is 17.2. The normalized spacial score (nSPS) is 11.3. The maximum atomic E-state index is 9.57. The van der Waals surface area contributed by atoms with Crippen molar-refractivity contribution >= 4 is 34.6 Å². The van der Waals surface area contributed by atoms with Gasteiger partial charge in [-0.05, 0) is 35.9 Å². The highest BCUT2D eigenvalue weighted by Crippen LogP contribution is 2.28. The average Bonchev–Trinajstić information content (AvgIpc) is 3.39. The highest BCUT2D eigenvalue weighted by molar-refractivity contribution is 7.11. The molecule has 0 bridgehead atoms. The molecule has 5 nitrogen and oxygen atoms in total. The average molecular weight is 390 g/mol. The Morgan fingerprint density at radius 3 is 2.56 bits per heavy atom. The van der Waals surface area contributed by atoms with Crippen molar-refractivity contribution in [3.8, 4) is 23.0 Å². The molecule has 7 heteroatoms. The van der Waals surface area contributed by atoms with Crippen LogP contribution in [0.15, 0.2) is 66.6 Å². The molecule has 0 saturated heterocycles. The summed E-state index contributed by atoms with van der Waals surface area (Å²) < 4.78 is 1.68. The van der Waals surface area contributed by atoms with Crippen LogP contribution in [-0.2, 0) is 0 Å². The van der Waals surface area contributed by atoms with E-state index < -0.39 is 0 Å². The summed E-state index contributed by atoms with van der Waals surface area (Å²) in [4.78, 5) is 8.53. The van der Waals surface area contributed by atoms with Crippen molar-refractivity contribution in [2.45, 2.75) is 0 Å². The van der Waals surface area contributed by atoms with Crippen LogP contribution < -0.4 is 0 Å². The number of benzene rings is 2. The number of nitrogens with zero attached hydrogens (tertiary/aromatic N) is 5. The summed E-state index contributed by atoms with van der Waals surface area (Å²) >= 11 is 7.38. The van der Waals surface area contributed by atoms with Crippen LogP contribution in [0.1, 0.15) is 10.6 Å². The number of thiazole rings is 1. The first-order valence-corrected chi connectivity index (χ1v) is 9.27. The van der Waals surface area contributed by atoms with Gasteiger partial charge in [0.15, 0.2) is 0 Å². The number of rotatable bonds is 4. The van der Waals surface area contributed by atoms with E-state index in [1.54, 1.807) is 11.0 Å². The lowest BCUT2D eigenvalue weighted by Gasteiger charge is -2.01. The molecule has 27 heavy (non-hydrogen) atoms. The fraction of sp³-hybridized carbons (Fsp3) is 0. The second-order valence-electron chi connectivity index (χ2n) is 5.65. The van der Waals surface area contributed by atoms with Gasteiger partial charge >= 0.3 is 0 Å². The van der Waals surface area contributed by atoms with Crippen LogP contribution in [0, 0.1) is 11.3 Å². The van der Waals surface area contributed by atoms with Crippen molar-refractivity contribution in [3.63, 3.8) is 0 Å². The molecule has 4 aromatic rings. The van der Waals surface area contributed by atoms with Gasteiger partial charge < -0.3 is 0 Å². The second kappa shape index (κ2) is 7.54. The van der Waals surface area contributed by atoms with Gasteiger partial charge in [-0.3, -0.25) is 0 Å². The minimum atomic E-state index is 0.522. The SMILES string of the molecule is N#C/C(=C\c1ccc(-n2cncn2)cc1)c1nc(-c2ccc(Cl)cc2)cs1. The first-order valence-electron chi connectivity index (χ1n) is 8.01. The Morgan fingerprint density at radius 1 is 1.11 bits per heavy atom. The summed E-state index contributed by atoms with van der Waals surface area (Å²) in [5.41, 5.74) is 4.14. The lowest BCUT2D eigenvalue weighted by atomic mass is 10.1. The van der Waals surface area contributed by atoms with Crippen molar-refractivity contribution in [1.82, 2.24) is 19.7 Å². The number of hydrogen-bond donors (Lipinski definition) is 0. The third-order valence-corrected chi connectivity index (χ3v) is 5.01. The van der Waals surface area contributed by atoms with Crippen LogP contribution in [0.4, 0.5) is 0 Å². The van der Waals surface area contributed by atoms with E-state index in [9.17, 15) is 5.26 Å². The maximum absolute atomic E-state index is 9.57. The fourth-order valence-electron chi connectivity index (χ4n) is 2.52. The van der Waals surface area contributed by atoms with E-state index in [0.29, 0.717) is 15.6 Å². The molecule has 0 saturated carbocycles. The van der Waals surface area contributed by atoms with Crippen molar-refractivity contribution < 1.29 is 0 Å². The number of aromatic nitrogens is 4. The molecule has 2 heterocycles. The Balaban J connectivity index is 1.60. The molecule has 0 N–H and O–H groups in total. The zero-order valence-corrected chi connectivity index (χ0v) is 15.5. The molecule has 0 atom stereocenters. The third-order valence-electron chi connectivity index (χ3n) is 3.88. The van der Waals surface area contributed by atoms with Crippen LogP contribution in [0.25, 0.3) is 28.6 Å². The van der Waals surface area contributed by atoms with Crippen molar-refractivity contribution in [3.05, 3.63) is 82.2 Å². The topological polar surface area (TPSA) is 67.4 Å². The predicted octanol–water partition coefficient (Wildman–Crippen LogP) is 5.11. The van der Waals surface area contributed by atoms with E-state index in [1.807, 2.05) is 60.0 Å². The standard InChI is InChI=1S/C20H12ClN5S/c21-17-5-3-15(4-6-17)19-11-27-20(25-19)16(10-22)9-14-1-7-18(8-2-14)26-13-23-12-24-26/h1-9,11-13H/b16-9+. The zero-order valence-electron chi connectivity index (χ0n) is 14.0. The van der Waals surface area contributed by atoms with Gasteiger partial charge in [0.1, 0.15) is 23.7 Å². The largest absolute Gasteiger partial charge is 0.235 e.